The highest BCUT2D eigenvalue weighted by Crippen LogP contribution is 2.33. The Balaban J connectivity index is 1.68. The number of nitrogens with one attached hydrogen (secondary N) is 1. The maximum absolute atomic E-state index is 12.2. The molecule has 1 aromatic heterocycles. The van der Waals surface area contributed by atoms with Crippen LogP contribution >= 0.6 is 0 Å². The molecule has 5 nitrogen and oxygen atoms in total. The number of imidazole rings is 1. The second-order valence-electron chi connectivity index (χ2n) is 7.01. The number of hydrogen-bond acceptors (Lipinski definition) is 3. The van der Waals surface area contributed by atoms with E-state index >= 15 is 0 Å². The maximum Gasteiger partial charge on any atom is 0.260 e. The summed E-state index contributed by atoms with van der Waals surface area (Å²) < 4.78 is 1.83. The Labute approximate surface area is 136 Å². The summed E-state index contributed by atoms with van der Waals surface area (Å²) >= 11 is 0. The molecule has 23 heavy (non-hydrogen) atoms. The van der Waals surface area contributed by atoms with Gasteiger partial charge >= 0.3 is 0 Å². The number of rotatable bonds is 3. The number of allylic oxidation sites excluding steroid dienone is 2. The highest BCUT2D eigenvalue weighted by atomic mass is 16.2. The lowest BCUT2D eigenvalue weighted by Crippen LogP contribution is -2.27. The minimum atomic E-state index is -0.143. The van der Waals surface area contributed by atoms with Crippen molar-refractivity contribution >= 4 is 22.7 Å². The van der Waals surface area contributed by atoms with Crippen molar-refractivity contribution in [1.29, 1.82) is 0 Å². The molecule has 2 aromatic rings. The van der Waals surface area contributed by atoms with E-state index < -0.39 is 0 Å². The van der Waals surface area contributed by atoms with Crippen molar-refractivity contribution in [3.63, 3.8) is 0 Å². The van der Waals surface area contributed by atoms with Crippen molar-refractivity contribution in [1.82, 2.24) is 15.0 Å². The standard InChI is InChI=1S/C18H22N4O/c1-13-8-14(10-18(2,3)9-13)20-21-17(23)11-22-12-19-15-6-4-5-7-16(15)22/h4-8,12H,9-11H2,1-3H3,(H,21,23)/b20-14+. The van der Waals surface area contributed by atoms with Gasteiger partial charge in [0.2, 0.25) is 0 Å². The zero-order valence-corrected chi connectivity index (χ0v) is 13.8. The quantitative estimate of drug-likeness (QED) is 0.885. The zero-order valence-electron chi connectivity index (χ0n) is 13.8. The number of carbonyl (C=O) groups excluding carboxylic acids is 1. The van der Waals surface area contributed by atoms with E-state index in [0.29, 0.717) is 0 Å². The first kappa shape index (κ1) is 15.5. The minimum Gasteiger partial charge on any atom is -0.321 e. The van der Waals surface area contributed by atoms with Gasteiger partial charge < -0.3 is 4.57 Å². The van der Waals surface area contributed by atoms with E-state index in [0.717, 1.165) is 29.6 Å². The van der Waals surface area contributed by atoms with Gasteiger partial charge in [0.05, 0.1) is 23.1 Å². The topological polar surface area (TPSA) is 59.3 Å². The van der Waals surface area contributed by atoms with Crippen LogP contribution in [0, 0.1) is 5.41 Å². The van der Waals surface area contributed by atoms with Gasteiger partial charge in [0, 0.05) is 0 Å². The first-order chi connectivity index (χ1) is 10.9. The van der Waals surface area contributed by atoms with Crippen LogP contribution in [-0.4, -0.2) is 21.2 Å². The average molecular weight is 310 g/mol. The molecule has 0 atom stereocenters. The van der Waals surface area contributed by atoms with Crippen LogP contribution < -0.4 is 5.43 Å². The molecule has 5 heteroatoms. The Morgan fingerprint density at radius 2 is 2.13 bits per heavy atom. The van der Waals surface area contributed by atoms with Crippen LogP contribution in [0.25, 0.3) is 11.0 Å². The summed E-state index contributed by atoms with van der Waals surface area (Å²) in [4.78, 5) is 16.4. The van der Waals surface area contributed by atoms with Gasteiger partial charge in [-0.25, -0.2) is 10.4 Å². The molecule has 120 valence electrons. The number of fused-ring (bicyclic) bond motifs is 1. The van der Waals surface area contributed by atoms with Crippen LogP contribution in [0.15, 0.2) is 47.3 Å². The molecule has 0 aliphatic heterocycles. The van der Waals surface area contributed by atoms with E-state index in [2.05, 4.69) is 42.4 Å². The number of hydrogen-bond donors (Lipinski definition) is 1. The molecule has 1 amide bonds. The predicted molar refractivity (Wildman–Crippen MR) is 92.1 cm³/mol. The molecule has 0 unspecified atom stereocenters. The van der Waals surface area contributed by atoms with Crippen molar-refractivity contribution < 1.29 is 4.79 Å². The number of amides is 1. The fourth-order valence-corrected chi connectivity index (χ4v) is 3.23. The molecule has 1 aliphatic carbocycles. The van der Waals surface area contributed by atoms with Gasteiger partial charge in [0.15, 0.2) is 0 Å². The third-order valence-electron chi connectivity index (χ3n) is 4.00. The second kappa shape index (κ2) is 5.99. The number of aromatic nitrogens is 2. The highest BCUT2D eigenvalue weighted by molar-refractivity contribution is 5.97. The number of benzene rings is 1. The smallest absolute Gasteiger partial charge is 0.260 e. The molecule has 0 spiro atoms. The Kier molecular flexibility index (Phi) is 4.03. The molecule has 1 N–H and O–H groups in total. The van der Waals surface area contributed by atoms with Crippen molar-refractivity contribution in [3.05, 3.63) is 42.2 Å². The number of para-hydroxylation sites is 2. The summed E-state index contributed by atoms with van der Waals surface area (Å²) in [5.41, 5.74) is 6.94. The molecule has 0 saturated carbocycles. The fourth-order valence-electron chi connectivity index (χ4n) is 3.23. The Bertz CT molecular complexity index is 798. The van der Waals surface area contributed by atoms with Gasteiger partial charge in [-0.05, 0) is 43.4 Å². The first-order valence-electron chi connectivity index (χ1n) is 7.85. The van der Waals surface area contributed by atoms with Crippen LogP contribution in [0.2, 0.25) is 0 Å². The molecule has 0 fully saturated rings. The average Bonchev–Trinajstić information content (AvgIpc) is 2.86. The summed E-state index contributed by atoms with van der Waals surface area (Å²) in [6.07, 6.45) is 5.70. The van der Waals surface area contributed by atoms with Gasteiger partial charge in [0.25, 0.3) is 5.91 Å². The van der Waals surface area contributed by atoms with Crippen molar-refractivity contribution in [2.75, 3.05) is 0 Å². The Hall–Kier alpha value is -2.43. The molecular weight excluding hydrogens is 288 g/mol. The van der Waals surface area contributed by atoms with E-state index in [9.17, 15) is 4.79 Å². The van der Waals surface area contributed by atoms with E-state index in [4.69, 9.17) is 0 Å². The maximum atomic E-state index is 12.2. The largest absolute Gasteiger partial charge is 0.321 e. The van der Waals surface area contributed by atoms with Crippen LogP contribution in [-0.2, 0) is 11.3 Å². The van der Waals surface area contributed by atoms with Gasteiger partial charge in [-0.3, -0.25) is 4.79 Å². The highest BCUT2D eigenvalue weighted by Gasteiger charge is 2.24. The lowest BCUT2D eigenvalue weighted by molar-refractivity contribution is -0.121. The molecule has 3 rings (SSSR count). The second-order valence-corrected chi connectivity index (χ2v) is 7.01. The van der Waals surface area contributed by atoms with E-state index in [1.165, 1.54) is 5.57 Å². The number of carbonyl (C=O) groups is 1. The summed E-state index contributed by atoms with van der Waals surface area (Å²) in [6, 6.07) is 7.76. The molecule has 1 heterocycles. The molecule has 1 aliphatic rings. The minimum absolute atomic E-state index is 0.143. The third-order valence-corrected chi connectivity index (χ3v) is 4.00. The van der Waals surface area contributed by atoms with Crippen LogP contribution in [0.4, 0.5) is 0 Å². The van der Waals surface area contributed by atoms with Gasteiger partial charge in [-0.1, -0.05) is 31.6 Å². The van der Waals surface area contributed by atoms with Crippen LogP contribution in [0.3, 0.4) is 0 Å². The van der Waals surface area contributed by atoms with Crippen molar-refractivity contribution in [2.45, 2.75) is 40.2 Å². The van der Waals surface area contributed by atoms with Crippen molar-refractivity contribution in [3.8, 4) is 0 Å². The van der Waals surface area contributed by atoms with Gasteiger partial charge in [-0.15, -0.1) is 0 Å². The molecular formula is C18H22N4O. The number of nitrogens with zero attached hydrogens (tertiary/aromatic N) is 3. The fraction of sp³-hybridized carbons (Fsp3) is 0.389. The number of hydrazone groups is 1. The van der Waals surface area contributed by atoms with E-state index in [1.807, 2.05) is 28.8 Å². The summed E-state index contributed by atoms with van der Waals surface area (Å²) in [7, 11) is 0. The summed E-state index contributed by atoms with van der Waals surface area (Å²) in [6.45, 7) is 6.76. The molecule has 0 saturated heterocycles. The van der Waals surface area contributed by atoms with Gasteiger partial charge in [0.1, 0.15) is 6.54 Å². The zero-order chi connectivity index (χ0) is 16.4. The van der Waals surface area contributed by atoms with E-state index in [-0.39, 0.29) is 17.9 Å². The third kappa shape index (κ3) is 3.67. The van der Waals surface area contributed by atoms with E-state index in [1.54, 1.807) is 6.33 Å². The Morgan fingerprint density at radius 3 is 2.91 bits per heavy atom. The lowest BCUT2D eigenvalue weighted by Gasteiger charge is -2.29. The van der Waals surface area contributed by atoms with Crippen molar-refractivity contribution in [2.24, 2.45) is 10.5 Å². The summed E-state index contributed by atoms with van der Waals surface area (Å²) in [5, 5.41) is 4.30. The SMILES string of the molecule is CC1=C/C(=N\NC(=O)Cn2cnc3ccccc32)CC(C)(C)C1. The van der Waals surface area contributed by atoms with Crippen LogP contribution in [0.5, 0.6) is 0 Å². The first-order valence-corrected chi connectivity index (χ1v) is 7.85. The van der Waals surface area contributed by atoms with Crippen LogP contribution in [0.1, 0.15) is 33.6 Å². The molecule has 1 aromatic carbocycles. The molecule has 0 radical (unpaired) electrons. The predicted octanol–water partition coefficient (Wildman–Crippen LogP) is 3.27. The molecule has 0 bridgehead atoms. The normalized spacial score (nSPS) is 18.9. The lowest BCUT2D eigenvalue weighted by atomic mass is 9.77. The van der Waals surface area contributed by atoms with Gasteiger partial charge in [-0.2, -0.15) is 5.10 Å². The Morgan fingerprint density at radius 1 is 1.35 bits per heavy atom. The monoisotopic (exact) mass is 310 g/mol. The summed E-state index contributed by atoms with van der Waals surface area (Å²) in [5.74, 6) is -0.143.